The molecule has 0 aliphatic heterocycles. The lowest BCUT2D eigenvalue weighted by Crippen LogP contribution is -1.85. The zero-order chi connectivity index (χ0) is 7.11. The Morgan fingerprint density at radius 2 is 2.56 bits per heavy atom. The van der Waals surface area contributed by atoms with Crippen molar-refractivity contribution in [3.05, 3.63) is 12.7 Å². The molecule has 0 atom stereocenters. The highest BCUT2D eigenvalue weighted by atomic mass is 32.2. The Morgan fingerprint density at radius 1 is 1.89 bits per heavy atom. The normalized spacial score (nSPS) is 11.1. The fourth-order valence-corrected chi connectivity index (χ4v) is 0.821. The fourth-order valence-electron chi connectivity index (χ4n) is 0.334. The van der Waals surface area contributed by atoms with Crippen molar-refractivity contribution in [2.75, 3.05) is 12.9 Å². The summed E-state index contributed by atoms with van der Waals surface area (Å²) in [4.78, 5) is 4.53. The molecule has 2 nitrogen and oxygen atoms in total. The average molecular weight is 145 g/mol. The van der Waals surface area contributed by atoms with Crippen molar-refractivity contribution >= 4 is 16.8 Å². The minimum atomic E-state index is 0.888. The van der Waals surface area contributed by atoms with Crippen LogP contribution in [0.3, 0.4) is 0 Å². The predicted molar refractivity (Wildman–Crippen MR) is 42.8 cm³/mol. The van der Waals surface area contributed by atoms with Crippen molar-refractivity contribution in [2.24, 2.45) is 5.16 Å². The first-order chi connectivity index (χ1) is 4.31. The van der Waals surface area contributed by atoms with E-state index < -0.39 is 0 Å². The molecule has 0 aliphatic carbocycles. The first-order valence-electron chi connectivity index (χ1n) is 2.62. The lowest BCUT2D eigenvalue weighted by molar-refractivity contribution is 0.214. The second-order valence-electron chi connectivity index (χ2n) is 1.39. The smallest absolute Gasteiger partial charge is 0.110 e. The fraction of sp³-hybridized carbons (Fsp3) is 0.500. The Hall–Kier alpha value is -0.440. The van der Waals surface area contributed by atoms with E-state index in [0.717, 1.165) is 10.8 Å². The molecule has 0 amide bonds. The maximum atomic E-state index is 4.53. The largest absolute Gasteiger partial charge is 0.399 e. The molecule has 0 N–H and O–H groups in total. The maximum absolute atomic E-state index is 4.53. The van der Waals surface area contributed by atoms with Crippen LogP contribution in [0.25, 0.3) is 0 Å². The van der Waals surface area contributed by atoms with Gasteiger partial charge in [0.2, 0.25) is 0 Å². The molecular weight excluding hydrogens is 134 g/mol. The number of thioether (sulfide) groups is 1. The van der Waals surface area contributed by atoms with Crippen molar-refractivity contribution in [3.63, 3.8) is 0 Å². The third-order valence-electron chi connectivity index (χ3n) is 0.630. The summed E-state index contributed by atoms with van der Waals surface area (Å²) < 4.78 is 0. The highest BCUT2D eigenvalue weighted by molar-refractivity contribution is 8.13. The van der Waals surface area contributed by atoms with Gasteiger partial charge in [0, 0.05) is 5.75 Å². The van der Waals surface area contributed by atoms with Gasteiger partial charge >= 0.3 is 0 Å². The molecule has 0 heterocycles. The molecule has 3 heteroatoms. The Bertz CT molecular complexity index is 112. The molecule has 0 aromatic rings. The Kier molecular flexibility index (Phi) is 5.41. The lowest BCUT2D eigenvalue weighted by atomic mass is 10.8. The molecule has 0 fully saturated rings. The zero-order valence-corrected chi connectivity index (χ0v) is 6.57. The standard InChI is InChI=1S/C6H11NOS/c1-4-5-9-6(2)7-8-3/h4H,1,5H2,2-3H3/b7-6+. The molecule has 0 saturated heterocycles. The van der Waals surface area contributed by atoms with E-state index in [0.29, 0.717) is 0 Å². The van der Waals surface area contributed by atoms with Gasteiger partial charge in [-0.3, -0.25) is 0 Å². The third kappa shape index (κ3) is 5.43. The number of hydrogen-bond acceptors (Lipinski definition) is 3. The van der Waals surface area contributed by atoms with E-state index in [1.165, 1.54) is 7.11 Å². The lowest BCUT2D eigenvalue weighted by Gasteiger charge is -1.93. The second kappa shape index (κ2) is 5.69. The monoisotopic (exact) mass is 145 g/mol. The summed E-state index contributed by atoms with van der Waals surface area (Å²) in [7, 11) is 1.54. The Labute approximate surface area is 60.0 Å². The first-order valence-corrected chi connectivity index (χ1v) is 3.61. The van der Waals surface area contributed by atoms with Crippen LogP contribution in [0.2, 0.25) is 0 Å². The number of hydrogen-bond donors (Lipinski definition) is 0. The Balaban J connectivity index is 3.36. The van der Waals surface area contributed by atoms with Gasteiger partial charge in [-0.2, -0.15) is 0 Å². The summed E-state index contributed by atoms with van der Waals surface area (Å²) in [6.07, 6.45) is 1.83. The van der Waals surface area contributed by atoms with Gasteiger partial charge in [0.05, 0.1) is 0 Å². The van der Waals surface area contributed by atoms with Gasteiger partial charge in [-0.1, -0.05) is 11.2 Å². The molecule has 0 bridgehead atoms. The average Bonchev–Trinajstić information content (AvgIpc) is 1.85. The molecule has 0 aromatic heterocycles. The van der Waals surface area contributed by atoms with Crippen LogP contribution in [-0.2, 0) is 4.84 Å². The molecule has 0 spiro atoms. The molecule has 52 valence electrons. The van der Waals surface area contributed by atoms with E-state index in [1.54, 1.807) is 11.8 Å². The van der Waals surface area contributed by atoms with Gasteiger partial charge in [0.25, 0.3) is 0 Å². The summed E-state index contributed by atoms with van der Waals surface area (Å²) in [6, 6.07) is 0. The van der Waals surface area contributed by atoms with Crippen molar-refractivity contribution in [1.82, 2.24) is 0 Å². The van der Waals surface area contributed by atoms with Crippen LogP contribution in [0.4, 0.5) is 0 Å². The van der Waals surface area contributed by atoms with Gasteiger partial charge in [-0.15, -0.1) is 18.3 Å². The molecule has 0 unspecified atom stereocenters. The van der Waals surface area contributed by atoms with Crippen LogP contribution >= 0.6 is 11.8 Å². The minimum Gasteiger partial charge on any atom is -0.399 e. The van der Waals surface area contributed by atoms with Crippen molar-refractivity contribution in [3.8, 4) is 0 Å². The van der Waals surface area contributed by atoms with E-state index in [1.807, 2.05) is 13.0 Å². The van der Waals surface area contributed by atoms with Crippen molar-refractivity contribution in [1.29, 1.82) is 0 Å². The maximum Gasteiger partial charge on any atom is 0.110 e. The van der Waals surface area contributed by atoms with E-state index in [-0.39, 0.29) is 0 Å². The molecule has 0 radical (unpaired) electrons. The molecule has 9 heavy (non-hydrogen) atoms. The summed E-state index contributed by atoms with van der Waals surface area (Å²) in [5.74, 6) is 0.888. The van der Waals surface area contributed by atoms with Crippen LogP contribution in [0, 0.1) is 0 Å². The van der Waals surface area contributed by atoms with E-state index in [2.05, 4.69) is 16.6 Å². The summed E-state index contributed by atoms with van der Waals surface area (Å²) in [5.41, 5.74) is 0. The second-order valence-corrected chi connectivity index (χ2v) is 2.61. The molecule has 0 aliphatic rings. The minimum absolute atomic E-state index is 0.888. The van der Waals surface area contributed by atoms with Gasteiger partial charge in [-0.25, -0.2) is 0 Å². The van der Waals surface area contributed by atoms with Crippen LogP contribution < -0.4 is 0 Å². The zero-order valence-electron chi connectivity index (χ0n) is 5.76. The van der Waals surface area contributed by atoms with Gasteiger partial charge < -0.3 is 4.84 Å². The van der Waals surface area contributed by atoms with E-state index in [9.17, 15) is 0 Å². The molecule has 0 aromatic carbocycles. The van der Waals surface area contributed by atoms with Crippen LogP contribution in [0.1, 0.15) is 6.92 Å². The quantitative estimate of drug-likeness (QED) is 0.262. The summed E-state index contributed by atoms with van der Waals surface area (Å²) >= 11 is 1.61. The highest BCUT2D eigenvalue weighted by Crippen LogP contribution is 2.02. The summed E-state index contributed by atoms with van der Waals surface area (Å²) in [6.45, 7) is 5.48. The first kappa shape index (κ1) is 8.56. The van der Waals surface area contributed by atoms with Gasteiger partial charge in [-0.05, 0) is 6.92 Å². The Morgan fingerprint density at radius 3 is 3.00 bits per heavy atom. The molecular formula is C6H11NOS. The highest BCUT2D eigenvalue weighted by Gasteiger charge is 1.87. The topological polar surface area (TPSA) is 21.6 Å². The third-order valence-corrected chi connectivity index (χ3v) is 1.52. The number of oxime groups is 1. The molecule has 0 rings (SSSR count). The van der Waals surface area contributed by atoms with Crippen molar-refractivity contribution < 1.29 is 4.84 Å². The van der Waals surface area contributed by atoms with Crippen LogP contribution in [0.5, 0.6) is 0 Å². The van der Waals surface area contributed by atoms with Crippen molar-refractivity contribution in [2.45, 2.75) is 6.92 Å². The molecule has 0 saturated carbocycles. The van der Waals surface area contributed by atoms with Gasteiger partial charge in [0.1, 0.15) is 12.2 Å². The summed E-state index contributed by atoms with van der Waals surface area (Å²) in [5, 5.41) is 4.62. The SMILES string of the molecule is C=CCS/C(C)=N/OC. The number of nitrogens with zero attached hydrogens (tertiary/aromatic N) is 1. The van der Waals surface area contributed by atoms with Gasteiger partial charge in [0.15, 0.2) is 0 Å². The predicted octanol–water partition coefficient (Wildman–Crippen LogP) is 1.89. The van der Waals surface area contributed by atoms with E-state index in [4.69, 9.17) is 0 Å². The van der Waals surface area contributed by atoms with Crippen LogP contribution in [0.15, 0.2) is 17.8 Å². The van der Waals surface area contributed by atoms with E-state index >= 15 is 0 Å². The number of rotatable bonds is 3. The van der Waals surface area contributed by atoms with Crippen LogP contribution in [-0.4, -0.2) is 17.9 Å².